The number of nitrogens with one attached hydrogen (secondary N) is 1. The molecular weight excluding hydrogens is 438 g/mol. The Kier molecular flexibility index (Phi) is 5.95. The molecule has 3 heterocycles. The summed E-state index contributed by atoms with van der Waals surface area (Å²) >= 11 is 1.33. The normalized spacial score (nSPS) is 12.0. The molecule has 0 saturated heterocycles. The molecule has 2 aromatic carbocycles. The fourth-order valence-corrected chi connectivity index (χ4v) is 4.22. The Morgan fingerprint density at radius 2 is 1.82 bits per heavy atom. The zero-order valence-corrected chi connectivity index (χ0v) is 18.7. The van der Waals surface area contributed by atoms with E-state index in [-0.39, 0.29) is 18.5 Å². The Morgan fingerprint density at radius 1 is 1.03 bits per heavy atom. The smallest absolute Gasteiger partial charge is 0.234 e. The van der Waals surface area contributed by atoms with E-state index >= 15 is 0 Å². The zero-order chi connectivity index (χ0) is 22.6. The number of aromatic nitrogens is 4. The summed E-state index contributed by atoms with van der Waals surface area (Å²) in [6.07, 6.45) is 4.40. The van der Waals surface area contributed by atoms with Crippen LogP contribution in [0.1, 0.15) is 12.5 Å². The van der Waals surface area contributed by atoms with Crippen molar-refractivity contribution in [3.05, 3.63) is 72.6 Å². The molecule has 1 amide bonds. The predicted octanol–water partition coefficient (Wildman–Crippen LogP) is 4.35. The number of ether oxygens (including phenoxy) is 2. The average Bonchev–Trinajstić information content (AvgIpc) is 3.50. The molecule has 9 heteroatoms. The van der Waals surface area contributed by atoms with Gasteiger partial charge in [-0.3, -0.25) is 14.3 Å². The van der Waals surface area contributed by atoms with E-state index in [1.807, 2.05) is 28.8 Å². The number of anilines is 1. The van der Waals surface area contributed by atoms with Crippen LogP contribution in [0.5, 0.6) is 11.5 Å². The number of hydrogen-bond donors (Lipinski definition) is 1. The van der Waals surface area contributed by atoms with Gasteiger partial charge in [-0.2, -0.15) is 0 Å². The minimum Gasteiger partial charge on any atom is -0.454 e. The lowest BCUT2D eigenvalue weighted by molar-refractivity contribution is -0.113. The molecule has 0 radical (unpaired) electrons. The van der Waals surface area contributed by atoms with Gasteiger partial charge in [0.1, 0.15) is 0 Å². The number of pyridine rings is 1. The topological polar surface area (TPSA) is 91.2 Å². The lowest BCUT2D eigenvalue weighted by Gasteiger charge is -2.11. The number of fused-ring (bicyclic) bond motifs is 1. The lowest BCUT2D eigenvalue weighted by Crippen LogP contribution is -2.14. The van der Waals surface area contributed by atoms with Gasteiger partial charge in [0, 0.05) is 35.4 Å². The van der Waals surface area contributed by atoms with E-state index in [4.69, 9.17) is 9.47 Å². The molecule has 33 heavy (non-hydrogen) atoms. The maximum atomic E-state index is 12.6. The Bertz CT molecular complexity index is 1280. The maximum Gasteiger partial charge on any atom is 0.234 e. The van der Waals surface area contributed by atoms with Crippen molar-refractivity contribution < 1.29 is 14.3 Å². The molecule has 1 aliphatic rings. The van der Waals surface area contributed by atoms with Crippen LogP contribution in [0.3, 0.4) is 0 Å². The van der Waals surface area contributed by atoms with Crippen molar-refractivity contribution in [2.24, 2.45) is 0 Å². The van der Waals surface area contributed by atoms with Crippen molar-refractivity contribution >= 4 is 23.4 Å². The number of aryl methyl sites for hydroxylation is 1. The van der Waals surface area contributed by atoms with Gasteiger partial charge < -0.3 is 14.8 Å². The van der Waals surface area contributed by atoms with E-state index < -0.39 is 0 Å². The van der Waals surface area contributed by atoms with Crippen molar-refractivity contribution in [1.29, 1.82) is 0 Å². The molecule has 0 fully saturated rings. The summed E-state index contributed by atoms with van der Waals surface area (Å²) in [7, 11) is 0. The van der Waals surface area contributed by atoms with Crippen molar-refractivity contribution in [2.45, 2.75) is 18.5 Å². The standard InChI is InChI=1S/C24H21N5O3S/c1-2-16-3-6-19(7-4-16)29-23(17-9-11-25-12-10-17)27-28-24(29)33-14-22(30)26-18-5-8-20-21(13-18)32-15-31-20/h3-13H,2,14-15H2,1H3,(H,26,30). The van der Waals surface area contributed by atoms with E-state index in [0.29, 0.717) is 28.2 Å². The minimum atomic E-state index is -0.153. The van der Waals surface area contributed by atoms with E-state index in [1.54, 1.807) is 30.6 Å². The monoisotopic (exact) mass is 459 g/mol. The first-order chi connectivity index (χ1) is 16.2. The van der Waals surface area contributed by atoms with Crippen LogP contribution < -0.4 is 14.8 Å². The molecule has 0 atom stereocenters. The number of carbonyl (C=O) groups excluding carboxylic acids is 1. The van der Waals surface area contributed by atoms with Crippen molar-refractivity contribution in [2.75, 3.05) is 17.9 Å². The number of carbonyl (C=O) groups is 1. The molecule has 8 nitrogen and oxygen atoms in total. The zero-order valence-electron chi connectivity index (χ0n) is 17.9. The third-order valence-corrected chi connectivity index (χ3v) is 6.09. The number of amides is 1. The van der Waals surface area contributed by atoms with Gasteiger partial charge in [-0.25, -0.2) is 0 Å². The van der Waals surface area contributed by atoms with Crippen molar-refractivity contribution in [3.63, 3.8) is 0 Å². The highest BCUT2D eigenvalue weighted by atomic mass is 32.2. The van der Waals surface area contributed by atoms with Crippen LogP contribution in [0.2, 0.25) is 0 Å². The molecule has 166 valence electrons. The third kappa shape index (κ3) is 4.54. The van der Waals surface area contributed by atoms with Gasteiger partial charge in [0.25, 0.3) is 0 Å². The van der Waals surface area contributed by atoms with Gasteiger partial charge in [-0.15, -0.1) is 10.2 Å². The van der Waals surface area contributed by atoms with Gasteiger partial charge >= 0.3 is 0 Å². The molecule has 0 spiro atoms. The molecule has 0 bridgehead atoms. The number of benzene rings is 2. The van der Waals surface area contributed by atoms with Crippen molar-refractivity contribution in [3.8, 4) is 28.6 Å². The van der Waals surface area contributed by atoms with E-state index in [9.17, 15) is 4.79 Å². The summed E-state index contributed by atoms with van der Waals surface area (Å²) in [5, 5.41) is 12.3. The van der Waals surface area contributed by atoms with Crippen LogP contribution in [0.15, 0.2) is 72.1 Å². The molecule has 1 N–H and O–H groups in total. The van der Waals surface area contributed by atoms with E-state index in [2.05, 4.69) is 39.6 Å². The van der Waals surface area contributed by atoms with Crippen LogP contribution in [-0.2, 0) is 11.2 Å². The molecule has 0 saturated carbocycles. The summed E-state index contributed by atoms with van der Waals surface area (Å²) in [5.74, 6) is 2.02. The van der Waals surface area contributed by atoms with Crippen LogP contribution >= 0.6 is 11.8 Å². The van der Waals surface area contributed by atoms with Crippen molar-refractivity contribution in [1.82, 2.24) is 19.7 Å². The summed E-state index contributed by atoms with van der Waals surface area (Å²) in [6.45, 7) is 2.31. The second-order valence-corrected chi connectivity index (χ2v) is 8.24. The first-order valence-corrected chi connectivity index (χ1v) is 11.5. The Hall–Kier alpha value is -3.85. The highest BCUT2D eigenvalue weighted by molar-refractivity contribution is 7.99. The SMILES string of the molecule is CCc1ccc(-n2c(SCC(=O)Nc3ccc4c(c3)OCO4)nnc2-c2ccncc2)cc1. The fraction of sp³-hybridized carbons (Fsp3) is 0.167. The average molecular weight is 460 g/mol. The van der Waals surface area contributed by atoms with E-state index in [0.717, 1.165) is 17.7 Å². The predicted molar refractivity (Wildman–Crippen MR) is 126 cm³/mol. The van der Waals surface area contributed by atoms with Crippen LogP contribution in [0.25, 0.3) is 17.1 Å². The van der Waals surface area contributed by atoms with Crippen LogP contribution in [0, 0.1) is 0 Å². The van der Waals surface area contributed by atoms with Gasteiger partial charge in [-0.1, -0.05) is 30.8 Å². The molecular formula is C24H21N5O3S. The Morgan fingerprint density at radius 3 is 2.61 bits per heavy atom. The van der Waals surface area contributed by atoms with Gasteiger partial charge in [-0.05, 0) is 48.4 Å². The summed E-state index contributed by atoms with van der Waals surface area (Å²) in [6, 6.07) is 17.4. The minimum absolute atomic E-state index is 0.153. The molecule has 0 unspecified atom stereocenters. The van der Waals surface area contributed by atoms with E-state index in [1.165, 1.54) is 17.3 Å². The Balaban J connectivity index is 1.37. The third-order valence-electron chi connectivity index (χ3n) is 5.16. The van der Waals surface area contributed by atoms with Gasteiger partial charge in [0.2, 0.25) is 12.7 Å². The lowest BCUT2D eigenvalue weighted by atomic mass is 10.1. The molecule has 0 aliphatic carbocycles. The second kappa shape index (κ2) is 9.33. The number of rotatable bonds is 7. The molecule has 2 aromatic heterocycles. The maximum absolute atomic E-state index is 12.6. The van der Waals surface area contributed by atoms with Crippen LogP contribution in [-0.4, -0.2) is 38.2 Å². The number of nitrogens with zero attached hydrogens (tertiary/aromatic N) is 4. The quantitative estimate of drug-likeness (QED) is 0.411. The van der Waals surface area contributed by atoms with Gasteiger partial charge in [0.05, 0.1) is 5.75 Å². The van der Waals surface area contributed by atoms with Crippen LogP contribution in [0.4, 0.5) is 5.69 Å². The molecule has 1 aliphatic heterocycles. The second-order valence-electron chi connectivity index (χ2n) is 7.30. The summed E-state index contributed by atoms with van der Waals surface area (Å²) < 4.78 is 12.6. The summed E-state index contributed by atoms with van der Waals surface area (Å²) in [4.78, 5) is 16.7. The number of hydrogen-bond acceptors (Lipinski definition) is 7. The summed E-state index contributed by atoms with van der Waals surface area (Å²) in [5.41, 5.74) is 3.73. The largest absolute Gasteiger partial charge is 0.454 e. The first kappa shape index (κ1) is 21.0. The molecule has 5 rings (SSSR count). The number of thioether (sulfide) groups is 1. The Labute approximate surface area is 195 Å². The first-order valence-electron chi connectivity index (χ1n) is 10.5. The highest BCUT2D eigenvalue weighted by Gasteiger charge is 2.18. The van der Waals surface area contributed by atoms with Gasteiger partial charge in [0.15, 0.2) is 22.5 Å². The fourth-order valence-electron chi connectivity index (χ4n) is 3.47. The molecule has 4 aromatic rings. The highest BCUT2D eigenvalue weighted by Crippen LogP contribution is 2.34.